The first kappa shape index (κ1) is 33.3. The molecule has 0 saturated carbocycles. The molecule has 2 aromatic carbocycles. The molecule has 192 valence electrons. The van der Waals surface area contributed by atoms with Crippen LogP contribution in [0.4, 0.5) is 0 Å². The number of unbranched alkanes of at least 4 members (excludes halogenated alkanes) is 14. The van der Waals surface area contributed by atoms with Crippen LogP contribution in [0.5, 0.6) is 0 Å². The van der Waals surface area contributed by atoms with E-state index in [-0.39, 0.29) is 56.3 Å². The van der Waals surface area contributed by atoms with Crippen molar-refractivity contribution in [3.63, 3.8) is 0 Å². The molecular formula is C30H47KO3S. The van der Waals surface area contributed by atoms with Gasteiger partial charge in [-0.25, -0.2) is 8.42 Å². The summed E-state index contributed by atoms with van der Waals surface area (Å²) in [5.41, 5.74) is 2.18. The number of rotatable bonds is 19. The van der Waals surface area contributed by atoms with Crippen molar-refractivity contribution in [2.45, 2.75) is 134 Å². The summed E-state index contributed by atoms with van der Waals surface area (Å²) in [5, 5.41) is 2.07. The van der Waals surface area contributed by atoms with Crippen molar-refractivity contribution in [3.8, 4) is 0 Å². The van der Waals surface area contributed by atoms with E-state index in [0.29, 0.717) is 0 Å². The molecule has 0 aliphatic rings. The van der Waals surface area contributed by atoms with Crippen LogP contribution in [0, 0.1) is 0 Å². The summed E-state index contributed by atoms with van der Waals surface area (Å²) in [6, 6.07) is 9.53. The van der Waals surface area contributed by atoms with Gasteiger partial charge in [0.2, 0.25) is 0 Å². The van der Waals surface area contributed by atoms with Crippen molar-refractivity contribution in [2.75, 3.05) is 0 Å². The third-order valence-electron chi connectivity index (χ3n) is 7.03. The second-order valence-corrected chi connectivity index (χ2v) is 11.4. The van der Waals surface area contributed by atoms with Crippen LogP contribution < -0.4 is 51.4 Å². The molecule has 0 amide bonds. The van der Waals surface area contributed by atoms with Gasteiger partial charge in [-0.15, -0.1) is 0 Å². The Morgan fingerprint density at radius 2 is 1.06 bits per heavy atom. The molecule has 0 aliphatic carbocycles. The summed E-state index contributed by atoms with van der Waals surface area (Å²) in [6.07, 6.45) is 21.8. The smallest absolute Gasteiger partial charge is 0.744 e. The van der Waals surface area contributed by atoms with Gasteiger partial charge in [0.25, 0.3) is 0 Å². The third-order valence-corrected chi connectivity index (χ3v) is 7.85. The topological polar surface area (TPSA) is 57.2 Å². The van der Waals surface area contributed by atoms with Gasteiger partial charge in [0.1, 0.15) is 10.1 Å². The Morgan fingerprint density at radius 1 is 0.600 bits per heavy atom. The summed E-state index contributed by atoms with van der Waals surface area (Å²) < 4.78 is 35.7. The Balaban J connectivity index is 0.00000612. The summed E-state index contributed by atoms with van der Waals surface area (Å²) in [7, 11) is -4.47. The Hall–Kier alpha value is 0.246. The molecule has 0 atom stereocenters. The van der Waals surface area contributed by atoms with E-state index in [9.17, 15) is 13.0 Å². The van der Waals surface area contributed by atoms with Crippen LogP contribution >= 0.6 is 0 Å². The predicted molar refractivity (Wildman–Crippen MR) is 145 cm³/mol. The molecule has 0 bridgehead atoms. The monoisotopic (exact) mass is 526 g/mol. The van der Waals surface area contributed by atoms with Crippen molar-refractivity contribution < 1.29 is 64.4 Å². The van der Waals surface area contributed by atoms with Gasteiger partial charge in [-0.3, -0.25) is 0 Å². The summed E-state index contributed by atoms with van der Waals surface area (Å²) in [4.78, 5) is -0.0714. The number of aryl methyl sites for hydroxylation is 2. The van der Waals surface area contributed by atoms with Gasteiger partial charge >= 0.3 is 51.4 Å². The van der Waals surface area contributed by atoms with Gasteiger partial charge in [-0.1, -0.05) is 122 Å². The second kappa shape index (κ2) is 19.3. The maximum atomic E-state index is 11.9. The molecule has 0 aromatic heterocycles. The molecule has 2 rings (SSSR count). The van der Waals surface area contributed by atoms with Crippen LogP contribution in [0.3, 0.4) is 0 Å². The van der Waals surface area contributed by atoms with Crippen LogP contribution in [0.25, 0.3) is 10.8 Å². The SMILES string of the molecule is CCCCCCCCCCc1cc(S(=O)(=O)[O-])cc2c(CCCCCCCCCC)cccc12.[K+]. The van der Waals surface area contributed by atoms with Gasteiger partial charge < -0.3 is 4.55 Å². The van der Waals surface area contributed by atoms with Gasteiger partial charge in [0.05, 0.1) is 4.90 Å². The zero-order valence-electron chi connectivity index (χ0n) is 22.7. The molecule has 0 unspecified atom stereocenters. The summed E-state index contributed by atoms with van der Waals surface area (Å²) in [5.74, 6) is 0. The van der Waals surface area contributed by atoms with Crippen molar-refractivity contribution in [3.05, 3.63) is 41.5 Å². The van der Waals surface area contributed by atoms with E-state index in [2.05, 4.69) is 32.0 Å². The van der Waals surface area contributed by atoms with Crippen LogP contribution in [-0.4, -0.2) is 13.0 Å². The Morgan fingerprint density at radius 3 is 1.54 bits per heavy atom. The van der Waals surface area contributed by atoms with E-state index in [1.807, 2.05) is 0 Å². The third kappa shape index (κ3) is 13.0. The average molecular weight is 527 g/mol. The van der Waals surface area contributed by atoms with E-state index in [4.69, 9.17) is 0 Å². The molecule has 0 aliphatic heterocycles. The van der Waals surface area contributed by atoms with E-state index in [1.54, 1.807) is 12.1 Å². The van der Waals surface area contributed by atoms with Gasteiger partial charge in [0.15, 0.2) is 0 Å². The normalized spacial score (nSPS) is 11.6. The molecule has 0 fully saturated rings. The number of hydrogen-bond acceptors (Lipinski definition) is 3. The Labute approximate surface area is 258 Å². The number of hydrogen-bond donors (Lipinski definition) is 0. The van der Waals surface area contributed by atoms with Crippen molar-refractivity contribution in [1.82, 2.24) is 0 Å². The maximum absolute atomic E-state index is 11.9. The number of benzene rings is 2. The fourth-order valence-corrected chi connectivity index (χ4v) is 5.51. The minimum Gasteiger partial charge on any atom is -0.744 e. The summed E-state index contributed by atoms with van der Waals surface area (Å²) >= 11 is 0. The molecule has 2 aromatic rings. The second-order valence-electron chi connectivity index (χ2n) is 10.00. The largest absolute Gasteiger partial charge is 1.00 e. The molecule has 5 heteroatoms. The zero-order valence-corrected chi connectivity index (χ0v) is 26.7. The molecule has 0 heterocycles. The molecule has 0 spiro atoms. The fourth-order valence-electron chi connectivity index (χ4n) is 4.96. The van der Waals surface area contributed by atoms with Crippen LogP contribution in [0.15, 0.2) is 35.2 Å². The zero-order chi connectivity index (χ0) is 24.7. The molecule has 35 heavy (non-hydrogen) atoms. The van der Waals surface area contributed by atoms with E-state index < -0.39 is 10.1 Å². The van der Waals surface area contributed by atoms with Crippen LogP contribution in [-0.2, 0) is 23.0 Å². The molecule has 0 radical (unpaired) electrons. The Bertz CT molecular complexity index is 940. The predicted octanol–water partition coefficient (Wildman–Crippen LogP) is 6.11. The minimum atomic E-state index is -4.47. The van der Waals surface area contributed by atoms with Crippen LogP contribution in [0.2, 0.25) is 0 Å². The molecular weight excluding hydrogens is 479 g/mol. The van der Waals surface area contributed by atoms with Crippen LogP contribution in [0.1, 0.15) is 128 Å². The first-order chi connectivity index (χ1) is 16.5. The fraction of sp³-hybridized carbons (Fsp3) is 0.667. The minimum absolute atomic E-state index is 0. The summed E-state index contributed by atoms with van der Waals surface area (Å²) in [6.45, 7) is 4.48. The standard InChI is InChI=1S/C30H48O3S.K/c1-3-5-7-9-11-13-15-17-20-26-22-19-23-29-27(21-18-16-14-12-10-8-6-4-2)24-28(25-30(26)29)34(31,32)33;/h19,22-25H,3-18,20-21H2,1-2H3,(H,31,32,33);/q;+1/p-1. The van der Waals surface area contributed by atoms with E-state index >= 15 is 0 Å². The molecule has 0 N–H and O–H groups in total. The number of fused-ring (bicyclic) bond motifs is 1. The average Bonchev–Trinajstić information content (AvgIpc) is 2.81. The van der Waals surface area contributed by atoms with E-state index in [0.717, 1.165) is 48.4 Å². The van der Waals surface area contributed by atoms with Gasteiger partial charge in [-0.05, 0) is 59.7 Å². The quantitative estimate of drug-likeness (QED) is 0.126. The Kier molecular flexibility index (Phi) is 18.4. The first-order valence-electron chi connectivity index (χ1n) is 14.0. The van der Waals surface area contributed by atoms with Gasteiger partial charge in [-0.2, -0.15) is 0 Å². The van der Waals surface area contributed by atoms with E-state index in [1.165, 1.54) is 89.0 Å². The molecule has 3 nitrogen and oxygen atoms in total. The van der Waals surface area contributed by atoms with Crippen molar-refractivity contribution >= 4 is 20.9 Å². The van der Waals surface area contributed by atoms with Gasteiger partial charge in [0, 0.05) is 0 Å². The van der Waals surface area contributed by atoms with Crippen molar-refractivity contribution in [2.24, 2.45) is 0 Å². The van der Waals surface area contributed by atoms with Crippen molar-refractivity contribution in [1.29, 1.82) is 0 Å². The first-order valence-corrected chi connectivity index (χ1v) is 15.4. The maximum Gasteiger partial charge on any atom is 1.00 e. The molecule has 0 saturated heterocycles.